The number of amides is 2. The molecule has 2 N–H and O–H groups in total. The van der Waals surface area contributed by atoms with E-state index in [9.17, 15) is 9.59 Å². The Bertz CT molecular complexity index is 511. The smallest absolute Gasteiger partial charge is 0.313 e. The molecule has 0 fully saturated rings. The van der Waals surface area contributed by atoms with Crippen molar-refractivity contribution in [1.82, 2.24) is 5.32 Å². The summed E-state index contributed by atoms with van der Waals surface area (Å²) < 4.78 is 4.96. The topological polar surface area (TPSA) is 91.2 Å². The number of carbonyl (C=O) groups is 2. The van der Waals surface area contributed by atoms with Crippen molar-refractivity contribution in [3.63, 3.8) is 0 Å². The summed E-state index contributed by atoms with van der Waals surface area (Å²) >= 11 is 5.85. The van der Waals surface area contributed by atoms with Gasteiger partial charge in [-0.15, -0.1) is 0 Å². The molecule has 0 saturated heterocycles. The van der Waals surface area contributed by atoms with E-state index in [2.05, 4.69) is 10.6 Å². The number of methoxy groups -OCH3 is 1. The largest absolute Gasteiger partial charge is 0.497 e. The van der Waals surface area contributed by atoms with Gasteiger partial charge in [-0.3, -0.25) is 9.59 Å². The quantitative estimate of drug-likeness (QED) is 0.629. The fraction of sp³-hybridized carbons (Fsp3) is 0.182. The van der Waals surface area contributed by atoms with E-state index in [0.717, 1.165) is 0 Å². The van der Waals surface area contributed by atoms with Gasteiger partial charge >= 0.3 is 11.8 Å². The fourth-order valence-corrected chi connectivity index (χ4v) is 1.27. The molecule has 18 heavy (non-hydrogen) atoms. The molecule has 6 nitrogen and oxygen atoms in total. The van der Waals surface area contributed by atoms with E-state index >= 15 is 0 Å². The number of hydrogen-bond donors (Lipinski definition) is 2. The molecule has 2 amide bonds. The van der Waals surface area contributed by atoms with Crippen LogP contribution in [0, 0.1) is 11.3 Å². The van der Waals surface area contributed by atoms with Crippen LogP contribution in [0.4, 0.5) is 5.69 Å². The monoisotopic (exact) mass is 267 g/mol. The van der Waals surface area contributed by atoms with Gasteiger partial charge in [0.25, 0.3) is 0 Å². The molecule has 1 rings (SSSR count). The molecule has 0 aliphatic heterocycles. The molecule has 0 bridgehead atoms. The van der Waals surface area contributed by atoms with Crippen LogP contribution in [-0.2, 0) is 9.59 Å². The molecule has 0 unspecified atom stereocenters. The van der Waals surface area contributed by atoms with Crippen molar-refractivity contribution in [3.05, 3.63) is 23.2 Å². The van der Waals surface area contributed by atoms with Gasteiger partial charge in [0.2, 0.25) is 0 Å². The Morgan fingerprint density at radius 3 is 2.78 bits per heavy atom. The Labute approximate surface area is 108 Å². The van der Waals surface area contributed by atoms with Crippen LogP contribution in [0.5, 0.6) is 5.75 Å². The van der Waals surface area contributed by atoms with Crippen LogP contribution in [0.15, 0.2) is 18.2 Å². The van der Waals surface area contributed by atoms with Gasteiger partial charge in [0.1, 0.15) is 12.3 Å². The molecule has 0 atom stereocenters. The van der Waals surface area contributed by atoms with Gasteiger partial charge < -0.3 is 15.4 Å². The lowest BCUT2D eigenvalue weighted by atomic mass is 10.3. The highest BCUT2D eigenvalue weighted by Gasteiger charge is 2.14. The zero-order valence-electron chi connectivity index (χ0n) is 9.49. The minimum atomic E-state index is -0.907. The molecule has 0 spiro atoms. The number of rotatable bonds is 3. The van der Waals surface area contributed by atoms with Crippen LogP contribution in [0.1, 0.15) is 0 Å². The van der Waals surface area contributed by atoms with Gasteiger partial charge in [-0.25, -0.2) is 0 Å². The summed E-state index contributed by atoms with van der Waals surface area (Å²) in [6.45, 7) is -0.238. The van der Waals surface area contributed by atoms with Gasteiger partial charge in [0.15, 0.2) is 0 Å². The fourth-order valence-electron chi connectivity index (χ4n) is 1.11. The lowest BCUT2D eigenvalue weighted by molar-refractivity contribution is -0.136. The number of nitrogens with one attached hydrogen (secondary N) is 2. The van der Waals surface area contributed by atoms with Crippen molar-refractivity contribution < 1.29 is 14.3 Å². The number of anilines is 1. The summed E-state index contributed by atoms with van der Waals surface area (Å²) in [5.74, 6) is -1.32. The van der Waals surface area contributed by atoms with Gasteiger partial charge in [-0.05, 0) is 12.1 Å². The molecule has 0 heterocycles. The average Bonchev–Trinajstić information content (AvgIpc) is 2.38. The van der Waals surface area contributed by atoms with Gasteiger partial charge in [-0.2, -0.15) is 5.26 Å². The van der Waals surface area contributed by atoms with Gasteiger partial charge in [0.05, 0.1) is 23.9 Å². The molecule has 0 saturated carbocycles. The summed E-state index contributed by atoms with van der Waals surface area (Å²) in [6.07, 6.45) is 0. The van der Waals surface area contributed by atoms with Crippen molar-refractivity contribution in [2.75, 3.05) is 19.0 Å². The Kier molecular flexibility index (Phi) is 4.96. The Morgan fingerprint density at radius 1 is 1.44 bits per heavy atom. The molecule has 94 valence electrons. The number of hydrogen-bond acceptors (Lipinski definition) is 4. The summed E-state index contributed by atoms with van der Waals surface area (Å²) in [6, 6.07) is 6.32. The normalized spacial score (nSPS) is 9.17. The maximum absolute atomic E-state index is 11.4. The van der Waals surface area contributed by atoms with E-state index in [0.29, 0.717) is 5.75 Å². The molecular weight excluding hydrogens is 258 g/mol. The van der Waals surface area contributed by atoms with Crippen LogP contribution in [0.2, 0.25) is 5.02 Å². The third-order valence-electron chi connectivity index (χ3n) is 1.96. The zero-order valence-corrected chi connectivity index (χ0v) is 10.2. The molecule has 0 aromatic heterocycles. The number of nitriles is 1. The highest BCUT2D eigenvalue weighted by atomic mass is 35.5. The van der Waals surface area contributed by atoms with Crippen molar-refractivity contribution in [2.24, 2.45) is 0 Å². The third-order valence-corrected chi connectivity index (χ3v) is 2.29. The number of ether oxygens (including phenoxy) is 1. The Hall–Kier alpha value is -2.26. The molecule has 0 radical (unpaired) electrons. The molecule has 1 aromatic rings. The second kappa shape index (κ2) is 6.47. The molecule has 0 aliphatic rings. The van der Waals surface area contributed by atoms with Crippen LogP contribution >= 0.6 is 11.6 Å². The Balaban J connectivity index is 2.75. The lowest BCUT2D eigenvalue weighted by Crippen LogP contribution is -2.35. The predicted molar refractivity (Wildman–Crippen MR) is 65.3 cm³/mol. The standard InChI is InChI=1S/C11H10ClN3O3/c1-18-7-2-3-8(12)9(6-7)15-11(17)10(16)14-5-4-13/h2-3,6H,5H2,1H3,(H,14,16)(H,15,17). The number of nitrogens with zero attached hydrogens (tertiary/aromatic N) is 1. The van der Waals surface area contributed by atoms with E-state index in [1.165, 1.54) is 19.2 Å². The second-order valence-corrected chi connectivity index (χ2v) is 3.55. The molecular formula is C11H10ClN3O3. The summed E-state index contributed by atoms with van der Waals surface area (Å²) in [7, 11) is 1.47. The van der Waals surface area contributed by atoms with E-state index in [1.807, 2.05) is 0 Å². The first-order valence-electron chi connectivity index (χ1n) is 4.88. The maximum atomic E-state index is 11.4. The highest BCUT2D eigenvalue weighted by Crippen LogP contribution is 2.26. The second-order valence-electron chi connectivity index (χ2n) is 3.14. The van der Waals surface area contributed by atoms with Crippen molar-refractivity contribution >= 4 is 29.1 Å². The molecule has 7 heteroatoms. The lowest BCUT2D eigenvalue weighted by Gasteiger charge is -2.08. The number of carbonyl (C=O) groups excluding carboxylic acids is 2. The molecule has 1 aromatic carbocycles. The third kappa shape index (κ3) is 3.64. The number of halogens is 1. The SMILES string of the molecule is COc1ccc(Cl)c(NC(=O)C(=O)NCC#N)c1. The molecule has 0 aliphatic carbocycles. The predicted octanol–water partition coefficient (Wildman–Crippen LogP) is 0.927. The van der Waals surface area contributed by atoms with E-state index in [-0.39, 0.29) is 17.3 Å². The maximum Gasteiger partial charge on any atom is 0.313 e. The van der Waals surface area contributed by atoms with E-state index in [1.54, 1.807) is 12.1 Å². The Morgan fingerprint density at radius 2 is 2.17 bits per heavy atom. The van der Waals surface area contributed by atoms with Crippen molar-refractivity contribution in [1.29, 1.82) is 5.26 Å². The summed E-state index contributed by atoms with van der Waals surface area (Å²) in [5.41, 5.74) is 0.258. The first-order valence-corrected chi connectivity index (χ1v) is 5.26. The highest BCUT2D eigenvalue weighted by molar-refractivity contribution is 6.41. The summed E-state index contributed by atoms with van der Waals surface area (Å²) in [5, 5.41) is 13.0. The summed E-state index contributed by atoms with van der Waals surface area (Å²) in [4.78, 5) is 22.7. The van der Waals surface area contributed by atoms with Gasteiger partial charge in [-0.1, -0.05) is 11.6 Å². The van der Waals surface area contributed by atoms with Crippen LogP contribution in [0.3, 0.4) is 0 Å². The van der Waals surface area contributed by atoms with Gasteiger partial charge in [0, 0.05) is 6.07 Å². The van der Waals surface area contributed by atoms with Crippen LogP contribution in [0.25, 0.3) is 0 Å². The van der Waals surface area contributed by atoms with Crippen molar-refractivity contribution in [2.45, 2.75) is 0 Å². The number of benzene rings is 1. The van der Waals surface area contributed by atoms with E-state index in [4.69, 9.17) is 21.6 Å². The van der Waals surface area contributed by atoms with Crippen molar-refractivity contribution in [3.8, 4) is 11.8 Å². The van der Waals surface area contributed by atoms with Crippen LogP contribution in [-0.4, -0.2) is 25.5 Å². The minimum absolute atomic E-state index is 0.238. The first-order chi connectivity index (χ1) is 8.58. The first kappa shape index (κ1) is 13.8. The average molecular weight is 268 g/mol. The van der Waals surface area contributed by atoms with E-state index < -0.39 is 11.8 Å². The minimum Gasteiger partial charge on any atom is -0.497 e. The zero-order chi connectivity index (χ0) is 13.5. The van der Waals surface area contributed by atoms with Crippen LogP contribution < -0.4 is 15.4 Å².